The van der Waals surface area contributed by atoms with Crippen LogP contribution in [0.25, 0.3) is 0 Å². The van der Waals surface area contributed by atoms with Crippen molar-refractivity contribution in [2.75, 3.05) is 43.0 Å². The maximum absolute atomic E-state index is 13.5. The SMILES string of the molecule is CO.O=C(Nc1ccc2c(n1)N(S(=O)(=O)N1CC3CCCC3C1)CCO2)c1c(Cl)cccc1Cl. The van der Waals surface area contributed by atoms with Crippen molar-refractivity contribution in [3.8, 4) is 5.75 Å². The lowest BCUT2D eigenvalue weighted by Crippen LogP contribution is -2.47. The van der Waals surface area contributed by atoms with Crippen LogP contribution in [0.4, 0.5) is 11.6 Å². The van der Waals surface area contributed by atoms with Gasteiger partial charge in [-0.2, -0.15) is 12.7 Å². The summed E-state index contributed by atoms with van der Waals surface area (Å²) in [5.41, 5.74) is 0.125. The summed E-state index contributed by atoms with van der Waals surface area (Å²) in [4.78, 5) is 17.1. The van der Waals surface area contributed by atoms with E-state index in [1.54, 1.807) is 34.6 Å². The average Bonchev–Trinajstić information content (AvgIpc) is 3.43. The number of aromatic nitrogens is 1. The molecule has 1 aromatic carbocycles. The van der Waals surface area contributed by atoms with Crippen LogP contribution in [0, 0.1) is 11.8 Å². The molecule has 12 heteroatoms. The van der Waals surface area contributed by atoms with E-state index in [-0.39, 0.29) is 40.4 Å². The van der Waals surface area contributed by atoms with Gasteiger partial charge in [0.05, 0.1) is 22.2 Å². The molecule has 1 aliphatic carbocycles. The predicted molar refractivity (Wildman–Crippen MR) is 131 cm³/mol. The average molecular weight is 529 g/mol. The Balaban J connectivity index is 0.00000133. The number of pyridine rings is 1. The third-order valence-corrected chi connectivity index (χ3v) is 8.85. The van der Waals surface area contributed by atoms with E-state index in [4.69, 9.17) is 33.0 Å². The fraction of sp³-hybridized carbons (Fsp3) is 0.455. The fourth-order valence-electron chi connectivity index (χ4n) is 4.78. The van der Waals surface area contributed by atoms with Crippen molar-refractivity contribution in [3.63, 3.8) is 0 Å². The number of nitrogens with one attached hydrogen (secondary N) is 1. The first-order valence-electron chi connectivity index (χ1n) is 11.0. The molecule has 9 nitrogen and oxygen atoms in total. The van der Waals surface area contributed by atoms with Gasteiger partial charge in [-0.15, -0.1) is 0 Å². The lowest BCUT2D eigenvalue weighted by molar-refractivity contribution is 0.102. The van der Waals surface area contributed by atoms with E-state index in [1.807, 2.05) is 0 Å². The van der Waals surface area contributed by atoms with Crippen molar-refractivity contribution >= 4 is 51.0 Å². The molecule has 2 aromatic rings. The van der Waals surface area contributed by atoms with Crippen LogP contribution in [0.1, 0.15) is 29.6 Å². The second kappa shape index (κ2) is 10.2. The standard InChI is InChI=1S/C21H22Cl2N4O4S.CH4O/c22-15-5-2-6-16(23)19(15)21(28)25-18-8-7-17-20(24-18)27(9-10-31-17)32(29,30)26-11-13-3-1-4-14(13)12-26;1-2/h2,5-8,13-14H,1,3-4,9-12H2,(H,24,25,28);2H,1H3. The Morgan fingerprint density at radius 3 is 2.41 bits per heavy atom. The Bertz CT molecular complexity index is 1150. The highest BCUT2D eigenvalue weighted by molar-refractivity contribution is 7.90. The molecule has 3 heterocycles. The smallest absolute Gasteiger partial charge is 0.305 e. The third-order valence-electron chi connectivity index (χ3n) is 6.36. The second-order valence-corrected chi connectivity index (χ2v) is 10.9. The summed E-state index contributed by atoms with van der Waals surface area (Å²) in [5, 5.41) is 10.1. The minimum atomic E-state index is -3.76. The van der Waals surface area contributed by atoms with Gasteiger partial charge in [0, 0.05) is 20.2 Å². The molecule has 3 aliphatic rings. The molecule has 34 heavy (non-hydrogen) atoms. The highest BCUT2D eigenvalue weighted by Gasteiger charge is 2.44. The molecule has 0 radical (unpaired) electrons. The number of anilines is 2. The predicted octanol–water partition coefficient (Wildman–Crippen LogP) is 3.42. The van der Waals surface area contributed by atoms with E-state index in [9.17, 15) is 13.2 Å². The summed E-state index contributed by atoms with van der Waals surface area (Å²) in [6, 6.07) is 7.93. The molecular weight excluding hydrogens is 503 g/mol. The Morgan fingerprint density at radius 2 is 1.76 bits per heavy atom. The molecule has 2 fully saturated rings. The molecule has 1 amide bonds. The number of aliphatic hydroxyl groups is 1. The fourth-order valence-corrected chi connectivity index (χ4v) is 7.04. The van der Waals surface area contributed by atoms with Crippen LogP contribution >= 0.6 is 23.2 Å². The first-order chi connectivity index (χ1) is 16.3. The molecule has 184 valence electrons. The highest BCUT2D eigenvalue weighted by atomic mass is 35.5. The third kappa shape index (κ3) is 4.70. The maximum atomic E-state index is 13.5. The van der Waals surface area contributed by atoms with Crippen LogP contribution in [0.5, 0.6) is 5.75 Å². The number of aliphatic hydroxyl groups excluding tert-OH is 1. The first-order valence-corrected chi connectivity index (χ1v) is 13.1. The number of carbonyl (C=O) groups is 1. The number of hydrogen-bond acceptors (Lipinski definition) is 6. The van der Waals surface area contributed by atoms with Crippen LogP contribution in [-0.2, 0) is 10.2 Å². The molecule has 2 N–H and O–H groups in total. The number of benzene rings is 1. The summed E-state index contributed by atoms with van der Waals surface area (Å²) < 4.78 is 35.4. The lowest BCUT2D eigenvalue weighted by Gasteiger charge is -2.32. The minimum absolute atomic E-state index is 0.125. The van der Waals surface area contributed by atoms with Crippen LogP contribution in [0.2, 0.25) is 10.0 Å². The van der Waals surface area contributed by atoms with Gasteiger partial charge >= 0.3 is 10.2 Å². The van der Waals surface area contributed by atoms with E-state index in [0.29, 0.717) is 30.7 Å². The first kappa shape index (κ1) is 25.0. The maximum Gasteiger partial charge on any atom is 0.305 e. The molecule has 2 atom stereocenters. The summed E-state index contributed by atoms with van der Waals surface area (Å²) in [7, 11) is -2.76. The van der Waals surface area contributed by atoms with Crippen molar-refractivity contribution in [2.45, 2.75) is 19.3 Å². The zero-order valence-electron chi connectivity index (χ0n) is 18.6. The number of fused-ring (bicyclic) bond motifs is 2. The number of carbonyl (C=O) groups excluding carboxylic acids is 1. The van der Waals surface area contributed by atoms with Crippen LogP contribution in [0.3, 0.4) is 0 Å². The Hall–Kier alpha value is -2.11. The zero-order chi connectivity index (χ0) is 24.5. The normalized spacial score (nSPS) is 21.7. The monoisotopic (exact) mass is 528 g/mol. The summed E-state index contributed by atoms with van der Waals surface area (Å²) in [6.45, 7) is 1.47. The molecule has 2 unspecified atom stereocenters. The van der Waals surface area contributed by atoms with Crippen molar-refractivity contribution in [2.24, 2.45) is 11.8 Å². The number of nitrogens with zero attached hydrogens (tertiary/aromatic N) is 3. The molecule has 1 aromatic heterocycles. The van der Waals surface area contributed by atoms with Gasteiger partial charge in [0.25, 0.3) is 5.91 Å². The largest absolute Gasteiger partial charge is 0.488 e. The van der Waals surface area contributed by atoms with Gasteiger partial charge in [-0.25, -0.2) is 9.29 Å². The molecule has 0 bridgehead atoms. The second-order valence-electron chi connectivity index (χ2n) is 8.27. The number of rotatable bonds is 4. The van der Waals surface area contributed by atoms with E-state index in [0.717, 1.165) is 20.0 Å². The summed E-state index contributed by atoms with van der Waals surface area (Å²) >= 11 is 12.2. The number of amides is 1. The van der Waals surface area contributed by atoms with Crippen molar-refractivity contribution in [3.05, 3.63) is 45.9 Å². The Morgan fingerprint density at radius 1 is 1.12 bits per heavy atom. The molecule has 2 aliphatic heterocycles. The van der Waals surface area contributed by atoms with Gasteiger partial charge in [-0.3, -0.25) is 4.79 Å². The summed E-state index contributed by atoms with van der Waals surface area (Å²) in [5.74, 6) is 1.03. The van der Waals surface area contributed by atoms with Crippen LogP contribution in [0.15, 0.2) is 30.3 Å². The zero-order valence-corrected chi connectivity index (χ0v) is 20.9. The van der Waals surface area contributed by atoms with Crippen molar-refractivity contribution in [1.82, 2.24) is 9.29 Å². The highest BCUT2D eigenvalue weighted by Crippen LogP contribution is 2.41. The van der Waals surface area contributed by atoms with E-state index in [2.05, 4.69) is 10.3 Å². The topological polar surface area (TPSA) is 112 Å². The van der Waals surface area contributed by atoms with Gasteiger partial charge in [-0.1, -0.05) is 35.7 Å². The number of ether oxygens (including phenoxy) is 1. The van der Waals surface area contributed by atoms with Gasteiger partial charge in [0.15, 0.2) is 11.6 Å². The Labute approximate surface area is 208 Å². The van der Waals surface area contributed by atoms with Gasteiger partial charge < -0.3 is 15.2 Å². The van der Waals surface area contributed by atoms with Crippen molar-refractivity contribution < 1.29 is 23.1 Å². The lowest BCUT2D eigenvalue weighted by atomic mass is 10.0. The van der Waals surface area contributed by atoms with E-state index < -0.39 is 16.1 Å². The minimum Gasteiger partial charge on any atom is -0.488 e. The van der Waals surface area contributed by atoms with Crippen LogP contribution in [-0.4, -0.2) is 62.1 Å². The van der Waals surface area contributed by atoms with Gasteiger partial charge in [-0.05, 0) is 48.9 Å². The molecule has 5 rings (SSSR count). The number of hydrogen-bond donors (Lipinski definition) is 2. The quantitative estimate of drug-likeness (QED) is 0.628. The Kier molecular flexibility index (Phi) is 7.54. The van der Waals surface area contributed by atoms with Crippen molar-refractivity contribution in [1.29, 1.82) is 0 Å². The number of halogens is 2. The molecule has 1 saturated heterocycles. The van der Waals surface area contributed by atoms with Gasteiger partial charge in [0.2, 0.25) is 0 Å². The van der Waals surface area contributed by atoms with E-state index in [1.165, 1.54) is 10.7 Å². The van der Waals surface area contributed by atoms with Crippen LogP contribution < -0.4 is 14.4 Å². The molecule has 1 saturated carbocycles. The van der Waals surface area contributed by atoms with E-state index >= 15 is 0 Å². The van der Waals surface area contributed by atoms with Gasteiger partial charge in [0.1, 0.15) is 12.4 Å². The molecular formula is C22H26Cl2N4O5S. The molecule has 0 spiro atoms. The summed E-state index contributed by atoms with van der Waals surface area (Å²) in [6.07, 6.45) is 3.33.